The van der Waals surface area contributed by atoms with E-state index in [1.165, 1.54) is 0 Å². The van der Waals surface area contributed by atoms with E-state index in [9.17, 15) is 5.11 Å². The van der Waals surface area contributed by atoms with Crippen LogP contribution < -0.4 is 10.6 Å². The number of ether oxygens (including phenoxy) is 2. The average molecular weight is 1010 g/mol. The Kier molecular flexibility index (Phi) is 14.8. The predicted octanol–water partition coefficient (Wildman–Crippen LogP) is 13.4. The zero-order valence-corrected chi connectivity index (χ0v) is 44.6. The molecule has 2 aliphatic carbocycles. The fourth-order valence-electron chi connectivity index (χ4n) is 12.2. The molecule has 0 saturated heterocycles. The number of fused-ring (bicyclic) bond motifs is 6. The van der Waals surface area contributed by atoms with E-state index in [1.54, 1.807) is 0 Å². The lowest BCUT2D eigenvalue weighted by Crippen LogP contribution is -2.55. The number of hydrogen-bond donors (Lipinski definition) is 3. The molecule has 0 heterocycles. The maximum absolute atomic E-state index is 15.3. The van der Waals surface area contributed by atoms with E-state index in [0.717, 1.165) is 66.8 Å². The third-order valence-corrected chi connectivity index (χ3v) is 15.2. The predicted molar refractivity (Wildman–Crippen MR) is 304 cm³/mol. The third kappa shape index (κ3) is 10.6. The van der Waals surface area contributed by atoms with Gasteiger partial charge in [-0.05, 0) is 146 Å². The number of hydrogen-bond acceptors (Lipinski definition) is 7. The van der Waals surface area contributed by atoms with Gasteiger partial charge in [0.2, 0.25) is 0 Å². The molecule has 10 rings (SSSR count). The maximum atomic E-state index is 15.3. The van der Waals surface area contributed by atoms with E-state index < -0.39 is 64.2 Å². The Morgan fingerprint density at radius 3 is 0.961 bits per heavy atom. The van der Waals surface area contributed by atoms with Gasteiger partial charge in [0.05, 0.1) is 17.2 Å². The van der Waals surface area contributed by atoms with Crippen molar-refractivity contribution in [1.82, 2.24) is 10.6 Å². The van der Waals surface area contributed by atoms with Gasteiger partial charge in [-0.25, -0.2) is 0 Å². The highest BCUT2D eigenvalue weighted by molar-refractivity contribution is 5.86. The van der Waals surface area contributed by atoms with E-state index >= 15 is 9.59 Å². The zero-order valence-electron chi connectivity index (χ0n) is 44.6. The summed E-state index contributed by atoms with van der Waals surface area (Å²) in [5, 5.41) is 21.9. The van der Waals surface area contributed by atoms with Crippen molar-refractivity contribution in [2.24, 2.45) is 11.8 Å². The highest BCUT2D eigenvalue weighted by Gasteiger charge is 2.50. The van der Waals surface area contributed by atoms with E-state index in [-0.39, 0.29) is 12.8 Å². The molecule has 8 aromatic rings. The molecule has 386 valence electrons. The van der Waals surface area contributed by atoms with Crippen LogP contribution in [0.3, 0.4) is 0 Å². The number of aliphatic hydroxyl groups excluding tert-OH is 1. The first kappa shape index (κ1) is 52.0. The Bertz CT molecular complexity index is 2960. The highest BCUT2D eigenvalue weighted by atomic mass is 16.6. The van der Waals surface area contributed by atoms with Crippen LogP contribution in [0.4, 0.5) is 0 Å². The van der Waals surface area contributed by atoms with E-state index in [2.05, 4.69) is 156 Å². The number of esters is 2. The smallest absolute Gasteiger partial charge is 0.323 e. The standard InChI is InChI=1S/C69H70N2O5/c1-66(2,3)75-64(73)61(70-68(51-31-15-9-16-32-51)57-39-23-19-35-53(57)54-36-20-24-40-58(54)68)45-49(43-47-27-11-7-12-28-47)63(72)50(44-48-29-13-8-14-30-48)46-62(65(74)76-67(4,5)6)71-69(52-33-17-10-18-34-52)59-41-25-21-37-55(59)56-38-22-26-42-60(56)69/h7-42,49-50,61-63,70-72H,43-46H2,1-6H3/t49-,50-,61-,62-/m0/s1. The molecule has 0 fully saturated rings. The molecule has 7 nitrogen and oxygen atoms in total. The maximum Gasteiger partial charge on any atom is 0.323 e. The van der Waals surface area contributed by atoms with Crippen LogP contribution in [-0.2, 0) is 43.0 Å². The summed E-state index contributed by atoms with van der Waals surface area (Å²) in [6.45, 7) is 11.4. The molecule has 8 aromatic carbocycles. The van der Waals surface area contributed by atoms with Gasteiger partial charge in [-0.3, -0.25) is 20.2 Å². The molecule has 7 heteroatoms. The fraction of sp³-hybridized carbons (Fsp3) is 0.275. The van der Waals surface area contributed by atoms with Gasteiger partial charge in [0, 0.05) is 0 Å². The van der Waals surface area contributed by atoms with Gasteiger partial charge in [0.25, 0.3) is 0 Å². The Morgan fingerprint density at radius 2 is 0.671 bits per heavy atom. The van der Waals surface area contributed by atoms with Crippen molar-refractivity contribution in [2.75, 3.05) is 0 Å². The third-order valence-electron chi connectivity index (χ3n) is 15.2. The van der Waals surface area contributed by atoms with E-state index in [0.29, 0.717) is 12.8 Å². The minimum atomic E-state index is -1.05. The van der Waals surface area contributed by atoms with E-state index in [1.807, 2.05) is 114 Å². The summed E-state index contributed by atoms with van der Waals surface area (Å²) in [6.07, 6.45) is 0.242. The molecular formula is C69H70N2O5. The Balaban J connectivity index is 1.12. The minimum Gasteiger partial charge on any atom is -0.459 e. The van der Waals surface area contributed by atoms with Gasteiger partial charge < -0.3 is 14.6 Å². The molecule has 0 radical (unpaired) electrons. The number of benzene rings is 8. The largest absolute Gasteiger partial charge is 0.459 e. The molecule has 0 spiro atoms. The first-order valence-electron chi connectivity index (χ1n) is 26.9. The van der Waals surface area contributed by atoms with Gasteiger partial charge in [-0.15, -0.1) is 0 Å². The summed E-state index contributed by atoms with van der Waals surface area (Å²) in [5.41, 5.74) is 8.92. The molecule has 4 atom stereocenters. The van der Waals surface area contributed by atoms with Crippen LogP contribution >= 0.6 is 0 Å². The lowest BCUT2D eigenvalue weighted by molar-refractivity contribution is -0.159. The summed E-state index contributed by atoms with van der Waals surface area (Å²) in [7, 11) is 0. The lowest BCUT2D eigenvalue weighted by Gasteiger charge is -2.41. The van der Waals surface area contributed by atoms with Crippen molar-refractivity contribution in [3.63, 3.8) is 0 Å². The summed E-state index contributed by atoms with van der Waals surface area (Å²) in [5.74, 6) is -1.88. The van der Waals surface area contributed by atoms with Crippen molar-refractivity contribution < 1.29 is 24.2 Å². The van der Waals surface area contributed by atoms with Gasteiger partial charge in [-0.1, -0.05) is 218 Å². The summed E-state index contributed by atoms with van der Waals surface area (Å²) < 4.78 is 12.9. The van der Waals surface area contributed by atoms with Gasteiger partial charge in [0.1, 0.15) is 23.3 Å². The van der Waals surface area contributed by atoms with Crippen LogP contribution in [0.5, 0.6) is 0 Å². The van der Waals surface area contributed by atoms with Crippen LogP contribution in [0, 0.1) is 11.8 Å². The first-order valence-corrected chi connectivity index (χ1v) is 26.9. The SMILES string of the molecule is CC(C)(C)OC(=O)[C@H](C[C@H](Cc1ccccc1)C(O)[C@@H](Cc1ccccc1)C[C@H](NC1(c2ccccc2)c2ccccc2-c2ccccc21)C(=O)OC(C)(C)C)NC1(c2ccccc2)c2ccccc2-c2ccccc21. The Morgan fingerprint density at radius 1 is 0.408 bits per heavy atom. The minimum absolute atomic E-state index is 0.203. The van der Waals surface area contributed by atoms with Crippen LogP contribution in [-0.4, -0.2) is 46.4 Å². The molecule has 3 N–H and O–H groups in total. The highest BCUT2D eigenvalue weighted by Crippen LogP contribution is 2.53. The zero-order chi connectivity index (χ0) is 53.1. The molecule has 0 aromatic heterocycles. The van der Waals surface area contributed by atoms with Gasteiger partial charge in [-0.2, -0.15) is 0 Å². The number of rotatable bonds is 18. The van der Waals surface area contributed by atoms with Crippen molar-refractivity contribution in [3.8, 4) is 22.3 Å². The average Bonchev–Trinajstić information content (AvgIpc) is 3.95. The fourth-order valence-corrected chi connectivity index (χ4v) is 12.2. The van der Waals surface area contributed by atoms with Crippen LogP contribution in [0.25, 0.3) is 22.3 Å². The first-order chi connectivity index (χ1) is 36.6. The molecule has 2 aliphatic rings. The monoisotopic (exact) mass is 1010 g/mol. The van der Waals surface area contributed by atoms with Crippen LogP contribution in [0.1, 0.15) is 98.9 Å². The number of carbonyl (C=O) groups excluding carboxylic acids is 2. The van der Waals surface area contributed by atoms with E-state index in [4.69, 9.17) is 9.47 Å². The second-order valence-electron chi connectivity index (χ2n) is 22.7. The van der Waals surface area contributed by atoms with Crippen LogP contribution in [0.2, 0.25) is 0 Å². The van der Waals surface area contributed by atoms with Crippen molar-refractivity contribution >= 4 is 11.9 Å². The van der Waals surface area contributed by atoms with Gasteiger partial charge in [0.15, 0.2) is 0 Å². The van der Waals surface area contributed by atoms with Crippen molar-refractivity contribution in [3.05, 3.63) is 263 Å². The molecule has 76 heavy (non-hydrogen) atoms. The second-order valence-corrected chi connectivity index (χ2v) is 22.7. The van der Waals surface area contributed by atoms with Gasteiger partial charge >= 0.3 is 11.9 Å². The number of nitrogens with one attached hydrogen (secondary N) is 2. The Labute approximate surface area is 449 Å². The summed E-state index contributed by atoms with van der Waals surface area (Å²) >= 11 is 0. The second kappa shape index (κ2) is 21.7. The summed E-state index contributed by atoms with van der Waals surface area (Å²) in [6, 6.07) is 72.9. The molecule has 0 aliphatic heterocycles. The van der Waals surface area contributed by atoms with Crippen molar-refractivity contribution in [1.29, 1.82) is 0 Å². The lowest BCUT2D eigenvalue weighted by atomic mass is 9.75. The van der Waals surface area contributed by atoms with Crippen LogP contribution in [0.15, 0.2) is 218 Å². The quantitative estimate of drug-likeness (QED) is 0.0737. The molecule has 0 amide bonds. The summed E-state index contributed by atoms with van der Waals surface area (Å²) in [4.78, 5) is 30.7. The topological polar surface area (TPSA) is 96.9 Å². The normalized spacial score (nSPS) is 15.6. The molecular weight excluding hydrogens is 937 g/mol. The Hall–Kier alpha value is -7.42. The number of carbonyl (C=O) groups is 2. The number of aliphatic hydroxyl groups is 1. The van der Waals surface area contributed by atoms with Crippen molar-refractivity contribution in [2.45, 2.75) is 108 Å². The molecule has 0 bridgehead atoms. The molecule has 0 saturated carbocycles. The molecule has 0 unspecified atom stereocenters.